The standard InChI is InChI=1S/C12H19NO2/c1-4-10-5-6-11(15-10)12-9(3)14-8(2)7-13-12/h5-6,8-9,12-13H,4,7H2,1-3H3/t8-,9-,12+/m1/s1. The molecule has 1 aliphatic heterocycles. The van der Waals surface area contributed by atoms with Crippen LogP contribution in [0.4, 0.5) is 0 Å². The fraction of sp³-hybridized carbons (Fsp3) is 0.667. The molecule has 3 atom stereocenters. The molecule has 15 heavy (non-hydrogen) atoms. The van der Waals surface area contributed by atoms with Crippen LogP contribution in [0.15, 0.2) is 16.5 Å². The van der Waals surface area contributed by atoms with Crippen LogP contribution in [-0.4, -0.2) is 18.8 Å². The Morgan fingerprint density at radius 2 is 2.20 bits per heavy atom. The quantitative estimate of drug-likeness (QED) is 0.811. The number of rotatable bonds is 2. The molecule has 0 radical (unpaired) electrons. The molecule has 1 aliphatic rings. The Morgan fingerprint density at radius 1 is 1.40 bits per heavy atom. The topological polar surface area (TPSA) is 34.4 Å². The van der Waals surface area contributed by atoms with E-state index in [9.17, 15) is 0 Å². The fourth-order valence-electron chi connectivity index (χ4n) is 2.04. The molecule has 0 unspecified atom stereocenters. The van der Waals surface area contributed by atoms with Crippen LogP contribution in [-0.2, 0) is 11.2 Å². The van der Waals surface area contributed by atoms with Crippen LogP contribution < -0.4 is 5.32 Å². The van der Waals surface area contributed by atoms with E-state index >= 15 is 0 Å². The first-order chi connectivity index (χ1) is 7.20. The maximum absolute atomic E-state index is 5.77. The van der Waals surface area contributed by atoms with Crippen LogP contribution in [0.25, 0.3) is 0 Å². The summed E-state index contributed by atoms with van der Waals surface area (Å²) in [7, 11) is 0. The van der Waals surface area contributed by atoms with Crippen molar-refractivity contribution in [3.8, 4) is 0 Å². The lowest BCUT2D eigenvalue weighted by atomic mass is 10.1. The van der Waals surface area contributed by atoms with Crippen molar-refractivity contribution < 1.29 is 9.15 Å². The average Bonchev–Trinajstić information content (AvgIpc) is 2.66. The van der Waals surface area contributed by atoms with Crippen molar-refractivity contribution in [2.75, 3.05) is 6.54 Å². The molecule has 2 rings (SSSR count). The molecule has 1 aromatic heterocycles. The van der Waals surface area contributed by atoms with Gasteiger partial charge in [-0.2, -0.15) is 0 Å². The van der Waals surface area contributed by atoms with E-state index in [2.05, 4.69) is 26.1 Å². The van der Waals surface area contributed by atoms with Crippen LogP contribution in [0.3, 0.4) is 0 Å². The largest absolute Gasteiger partial charge is 0.464 e. The number of hydrogen-bond donors (Lipinski definition) is 1. The Morgan fingerprint density at radius 3 is 2.80 bits per heavy atom. The summed E-state index contributed by atoms with van der Waals surface area (Å²) in [6.45, 7) is 7.15. The Bertz CT molecular complexity index is 321. The van der Waals surface area contributed by atoms with E-state index in [0.717, 1.165) is 24.5 Å². The first-order valence-electron chi connectivity index (χ1n) is 5.68. The Hall–Kier alpha value is -0.800. The van der Waals surface area contributed by atoms with Crippen LogP contribution in [0.5, 0.6) is 0 Å². The molecule has 3 nitrogen and oxygen atoms in total. The number of aryl methyl sites for hydroxylation is 1. The lowest BCUT2D eigenvalue weighted by Crippen LogP contribution is -2.44. The van der Waals surface area contributed by atoms with Crippen molar-refractivity contribution >= 4 is 0 Å². The lowest BCUT2D eigenvalue weighted by Gasteiger charge is -2.33. The summed E-state index contributed by atoms with van der Waals surface area (Å²) in [5.41, 5.74) is 0. The van der Waals surface area contributed by atoms with Crippen molar-refractivity contribution in [2.45, 2.75) is 45.4 Å². The van der Waals surface area contributed by atoms with Crippen molar-refractivity contribution in [3.63, 3.8) is 0 Å². The van der Waals surface area contributed by atoms with E-state index in [1.165, 1.54) is 0 Å². The second kappa shape index (κ2) is 4.37. The van der Waals surface area contributed by atoms with Gasteiger partial charge in [0.05, 0.1) is 18.2 Å². The summed E-state index contributed by atoms with van der Waals surface area (Å²) < 4.78 is 11.5. The predicted molar refractivity (Wildman–Crippen MR) is 58.8 cm³/mol. The Labute approximate surface area is 90.8 Å². The molecule has 84 valence electrons. The smallest absolute Gasteiger partial charge is 0.123 e. The highest BCUT2D eigenvalue weighted by molar-refractivity contribution is 5.12. The molecule has 0 aromatic carbocycles. The van der Waals surface area contributed by atoms with Gasteiger partial charge in [0.2, 0.25) is 0 Å². The summed E-state index contributed by atoms with van der Waals surface area (Å²) in [6, 6.07) is 4.29. The molecule has 0 amide bonds. The third kappa shape index (κ3) is 2.24. The van der Waals surface area contributed by atoms with E-state index in [4.69, 9.17) is 9.15 Å². The van der Waals surface area contributed by atoms with Crippen molar-refractivity contribution in [2.24, 2.45) is 0 Å². The second-order valence-corrected chi connectivity index (χ2v) is 4.20. The first-order valence-corrected chi connectivity index (χ1v) is 5.68. The summed E-state index contributed by atoms with van der Waals surface area (Å²) in [4.78, 5) is 0. The van der Waals surface area contributed by atoms with Gasteiger partial charge in [0.15, 0.2) is 0 Å². The minimum atomic E-state index is 0.171. The number of morpholine rings is 1. The van der Waals surface area contributed by atoms with E-state index in [-0.39, 0.29) is 18.2 Å². The van der Waals surface area contributed by atoms with Gasteiger partial charge in [-0.3, -0.25) is 0 Å². The van der Waals surface area contributed by atoms with E-state index in [1.807, 2.05) is 12.1 Å². The first kappa shape index (κ1) is 10.7. The normalized spacial score (nSPS) is 31.8. The molecule has 2 heterocycles. The van der Waals surface area contributed by atoms with Gasteiger partial charge in [0, 0.05) is 13.0 Å². The van der Waals surface area contributed by atoms with Crippen LogP contribution in [0.1, 0.15) is 38.3 Å². The third-order valence-corrected chi connectivity index (χ3v) is 2.88. The molecule has 1 fully saturated rings. The molecule has 0 aliphatic carbocycles. The molecular weight excluding hydrogens is 190 g/mol. The molecule has 1 aromatic rings. The van der Waals surface area contributed by atoms with Gasteiger partial charge in [0.1, 0.15) is 11.5 Å². The van der Waals surface area contributed by atoms with Gasteiger partial charge in [-0.1, -0.05) is 6.92 Å². The lowest BCUT2D eigenvalue weighted by molar-refractivity contribution is -0.0491. The maximum Gasteiger partial charge on any atom is 0.123 e. The average molecular weight is 209 g/mol. The van der Waals surface area contributed by atoms with E-state index in [1.54, 1.807) is 0 Å². The highest BCUT2D eigenvalue weighted by atomic mass is 16.5. The summed E-state index contributed by atoms with van der Waals surface area (Å²) in [6.07, 6.45) is 1.40. The van der Waals surface area contributed by atoms with Gasteiger partial charge in [-0.25, -0.2) is 0 Å². The molecule has 3 heteroatoms. The zero-order valence-corrected chi connectivity index (χ0v) is 9.62. The number of nitrogens with one attached hydrogen (secondary N) is 1. The van der Waals surface area contributed by atoms with Crippen molar-refractivity contribution in [1.29, 1.82) is 0 Å². The molecule has 0 bridgehead atoms. The number of ether oxygens (including phenoxy) is 1. The Kier molecular flexibility index (Phi) is 3.12. The van der Waals surface area contributed by atoms with Crippen molar-refractivity contribution in [1.82, 2.24) is 5.32 Å². The third-order valence-electron chi connectivity index (χ3n) is 2.88. The maximum atomic E-state index is 5.77. The van der Waals surface area contributed by atoms with Gasteiger partial charge in [0.25, 0.3) is 0 Å². The second-order valence-electron chi connectivity index (χ2n) is 4.20. The van der Waals surface area contributed by atoms with Crippen molar-refractivity contribution in [3.05, 3.63) is 23.7 Å². The molecule has 1 saturated heterocycles. The highest BCUT2D eigenvalue weighted by Crippen LogP contribution is 2.25. The van der Waals surface area contributed by atoms with Gasteiger partial charge in [-0.15, -0.1) is 0 Å². The number of hydrogen-bond acceptors (Lipinski definition) is 3. The summed E-state index contributed by atoms with van der Waals surface area (Å²) in [5, 5.41) is 3.45. The summed E-state index contributed by atoms with van der Waals surface area (Å²) in [5.74, 6) is 2.03. The fourth-order valence-corrected chi connectivity index (χ4v) is 2.04. The Balaban J connectivity index is 2.09. The van der Waals surface area contributed by atoms with Crippen LogP contribution >= 0.6 is 0 Å². The van der Waals surface area contributed by atoms with E-state index < -0.39 is 0 Å². The zero-order valence-electron chi connectivity index (χ0n) is 9.62. The molecule has 1 N–H and O–H groups in total. The monoisotopic (exact) mass is 209 g/mol. The SMILES string of the molecule is CCc1ccc([C@H]2NC[C@@H](C)O[C@@H]2C)o1. The molecule has 0 spiro atoms. The van der Waals surface area contributed by atoms with Gasteiger partial charge < -0.3 is 14.5 Å². The number of furan rings is 1. The molecular formula is C12H19NO2. The predicted octanol–water partition coefficient (Wildman–Crippen LogP) is 2.28. The minimum absolute atomic E-state index is 0.171. The van der Waals surface area contributed by atoms with E-state index in [0.29, 0.717) is 0 Å². The van der Waals surface area contributed by atoms with Crippen LogP contribution in [0, 0.1) is 0 Å². The van der Waals surface area contributed by atoms with Crippen LogP contribution in [0.2, 0.25) is 0 Å². The summed E-state index contributed by atoms with van der Waals surface area (Å²) >= 11 is 0. The highest BCUT2D eigenvalue weighted by Gasteiger charge is 2.28. The van der Waals surface area contributed by atoms with Gasteiger partial charge >= 0.3 is 0 Å². The molecule has 0 saturated carbocycles. The van der Waals surface area contributed by atoms with Gasteiger partial charge in [-0.05, 0) is 26.0 Å². The zero-order chi connectivity index (χ0) is 10.8. The minimum Gasteiger partial charge on any atom is -0.464 e.